The fraction of sp³-hybridized carbons (Fsp3) is 0.429. The van der Waals surface area contributed by atoms with Crippen molar-refractivity contribution in [3.8, 4) is 0 Å². The van der Waals surface area contributed by atoms with Crippen molar-refractivity contribution in [3.63, 3.8) is 0 Å². The Labute approximate surface area is 123 Å². The van der Waals surface area contributed by atoms with Crippen LogP contribution in [-0.4, -0.2) is 15.0 Å². The van der Waals surface area contributed by atoms with Crippen LogP contribution in [0.15, 0.2) is 24.4 Å². The minimum atomic E-state index is 0.313. The summed E-state index contributed by atoms with van der Waals surface area (Å²) >= 11 is 12.4. The van der Waals surface area contributed by atoms with Crippen LogP contribution in [0.2, 0.25) is 10.0 Å². The minimum Gasteiger partial charge on any atom is -0.253 e. The smallest absolute Gasteiger partial charge is 0.0833 e. The molecular formula is C14H17Cl2N3. The monoisotopic (exact) mass is 297 g/mol. The second kappa shape index (κ2) is 6.40. The van der Waals surface area contributed by atoms with Crippen molar-refractivity contribution in [3.05, 3.63) is 45.7 Å². The van der Waals surface area contributed by atoms with Crippen LogP contribution in [0.3, 0.4) is 0 Å². The SMILES string of the molecule is CCC(Cc1cn(CC)nn1)c1cccc(Cl)c1Cl. The molecule has 0 N–H and O–H groups in total. The molecule has 0 aliphatic carbocycles. The summed E-state index contributed by atoms with van der Waals surface area (Å²) in [6.07, 6.45) is 3.80. The van der Waals surface area contributed by atoms with E-state index in [1.54, 1.807) is 0 Å². The van der Waals surface area contributed by atoms with Crippen molar-refractivity contribution in [2.75, 3.05) is 0 Å². The van der Waals surface area contributed by atoms with Crippen molar-refractivity contribution in [2.24, 2.45) is 0 Å². The number of nitrogens with zero attached hydrogens (tertiary/aromatic N) is 3. The van der Waals surface area contributed by atoms with Gasteiger partial charge in [0.15, 0.2) is 0 Å². The van der Waals surface area contributed by atoms with E-state index >= 15 is 0 Å². The third kappa shape index (κ3) is 3.28. The number of hydrogen-bond acceptors (Lipinski definition) is 2. The summed E-state index contributed by atoms with van der Waals surface area (Å²) in [4.78, 5) is 0. The lowest BCUT2D eigenvalue weighted by Crippen LogP contribution is -2.03. The second-order valence-electron chi connectivity index (χ2n) is 4.52. The van der Waals surface area contributed by atoms with Gasteiger partial charge >= 0.3 is 0 Å². The lowest BCUT2D eigenvalue weighted by Gasteiger charge is -2.16. The van der Waals surface area contributed by atoms with Crippen molar-refractivity contribution >= 4 is 23.2 Å². The summed E-state index contributed by atoms with van der Waals surface area (Å²) in [5.74, 6) is 0.313. The fourth-order valence-electron chi connectivity index (χ4n) is 2.15. The Morgan fingerprint density at radius 3 is 2.68 bits per heavy atom. The highest BCUT2D eigenvalue weighted by Gasteiger charge is 2.16. The van der Waals surface area contributed by atoms with Crippen molar-refractivity contribution in [2.45, 2.75) is 39.2 Å². The van der Waals surface area contributed by atoms with Gasteiger partial charge in [-0.15, -0.1) is 5.10 Å². The van der Waals surface area contributed by atoms with E-state index in [2.05, 4.69) is 17.2 Å². The molecule has 3 nitrogen and oxygen atoms in total. The van der Waals surface area contributed by atoms with Gasteiger partial charge in [-0.3, -0.25) is 4.68 Å². The van der Waals surface area contributed by atoms with Crippen LogP contribution in [0.1, 0.15) is 37.4 Å². The number of hydrogen-bond donors (Lipinski definition) is 0. The number of rotatable bonds is 5. The summed E-state index contributed by atoms with van der Waals surface area (Å²) in [5.41, 5.74) is 2.08. The maximum absolute atomic E-state index is 6.29. The molecule has 0 saturated heterocycles. The Morgan fingerprint density at radius 2 is 2.05 bits per heavy atom. The molecule has 1 unspecified atom stereocenters. The lowest BCUT2D eigenvalue weighted by molar-refractivity contribution is 0.624. The zero-order valence-corrected chi connectivity index (χ0v) is 12.6. The van der Waals surface area contributed by atoms with E-state index in [4.69, 9.17) is 23.2 Å². The number of benzene rings is 1. The molecule has 1 atom stereocenters. The van der Waals surface area contributed by atoms with Crippen LogP contribution < -0.4 is 0 Å². The molecule has 0 saturated carbocycles. The van der Waals surface area contributed by atoms with Crippen LogP contribution in [0.5, 0.6) is 0 Å². The third-order valence-electron chi connectivity index (χ3n) is 3.28. The average molecular weight is 298 g/mol. The molecule has 1 aromatic heterocycles. The number of aromatic nitrogens is 3. The van der Waals surface area contributed by atoms with Gasteiger partial charge in [0.05, 0.1) is 15.7 Å². The Hall–Kier alpha value is -1.06. The molecule has 2 rings (SSSR count). The van der Waals surface area contributed by atoms with Gasteiger partial charge in [0, 0.05) is 19.2 Å². The molecule has 1 heterocycles. The standard InChI is InChI=1S/C14H17Cl2N3/c1-3-10(8-11-9-19(4-2)18-17-11)12-6-5-7-13(15)14(12)16/h5-7,9-10H,3-4,8H2,1-2H3. The minimum absolute atomic E-state index is 0.313. The van der Waals surface area contributed by atoms with E-state index in [0.29, 0.717) is 16.0 Å². The van der Waals surface area contributed by atoms with E-state index < -0.39 is 0 Å². The van der Waals surface area contributed by atoms with Crippen molar-refractivity contribution < 1.29 is 0 Å². The molecule has 1 aromatic carbocycles. The predicted octanol–water partition coefficient (Wildman–Crippen LogP) is 4.34. The van der Waals surface area contributed by atoms with Crippen molar-refractivity contribution in [1.82, 2.24) is 15.0 Å². The van der Waals surface area contributed by atoms with Gasteiger partial charge in [-0.2, -0.15) is 0 Å². The first kappa shape index (κ1) is 14.4. The van der Waals surface area contributed by atoms with E-state index in [1.807, 2.05) is 36.0 Å². The molecule has 19 heavy (non-hydrogen) atoms. The predicted molar refractivity (Wildman–Crippen MR) is 78.9 cm³/mol. The van der Waals surface area contributed by atoms with Crippen molar-refractivity contribution in [1.29, 1.82) is 0 Å². The van der Waals surface area contributed by atoms with Crippen LogP contribution in [0, 0.1) is 0 Å². The van der Waals surface area contributed by atoms with Crippen LogP contribution in [0.4, 0.5) is 0 Å². The Balaban J connectivity index is 2.22. The fourth-order valence-corrected chi connectivity index (χ4v) is 2.61. The Kier molecular flexibility index (Phi) is 4.83. The zero-order valence-electron chi connectivity index (χ0n) is 11.1. The molecular weight excluding hydrogens is 281 g/mol. The second-order valence-corrected chi connectivity index (χ2v) is 5.30. The molecule has 5 heteroatoms. The normalized spacial score (nSPS) is 12.6. The van der Waals surface area contributed by atoms with Gasteiger partial charge in [-0.25, -0.2) is 0 Å². The highest BCUT2D eigenvalue weighted by atomic mass is 35.5. The van der Waals surface area contributed by atoms with Gasteiger partial charge in [0.25, 0.3) is 0 Å². The number of aryl methyl sites for hydroxylation is 1. The van der Waals surface area contributed by atoms with Gasteiger partial charge in [-0.1, -0.05) is 47.5 Å². The molecule has 0 aliphatic heterocycles. The van der Waals surface area contributed by atoms with E-state index in [9.17, 15) is 0 Å². The summed E-state index contributed by atoms with van der Waals surface area (Å²) < 4.78 is 1.83. The van der Waals surface area contributed by atoms with Gasteiger partial charge in [0.1, 0.15) is 0 Å². The molecule has 102 valence electrons. The molecule has 2 aromatic rings. The maximum Gasteiger partial charge on any atom is 0.0833 e. The Bertz CT molecular complexity index is 551. The highest BCUT2D eigenvalue weighted by molar-refractivity contribution is 6.42. The van der Waals surface area contributed by atoms with E-state index in [1.165, 1.54) is 0 Å². The summed E-state index contributed by atoms with van der Waals surface area (Å²) in [6, 6.07) is 5.79. The summed E-state index contributed by atoms with van der Waals surface area (Å²) in [5, 5.41) is 9.51. The highest BCUT2D eigenvalue weighted by Crippen LogP contribution is 2.34. The van der Waals surface area contributed by atoms with Crippen LogP contribution in [0.25, 0.3) is 0 Å². The van der Waals surface area contributed by atoms with E-state index in [-0.39, 0.29) is 0 Å². The molecule has 0 amide bonds. The topological polar surface area (TPSA) is 30.7 Å². The first-order valence-corrected chi connectivity index (χ1v) is 7.24. The molecule has 0 fully saturated rings. The molecule has 0 bridgehead atoms. The maximum atomic E-state index is 6.29. The molecule has 0 radical (unpaired) electrons. The first-order chi connectivity index (χ1) is 9.15. The largest absolute Gasteiger partial charge is 0.253 e. The van der Waals surface area contributed by atoms with E-state index in [0.717, 1.165) is 30.6 Å². The van der Waals surface area contributed by atoms with Crippen LogP contribution >= 0.6 is 23.2 Å². The average Bonchev–Trinajstić information content (AvgIpc) is 2.87. The number of halogens is 2. The zero-order chi connectivity index (χ0) is 13.8. The summed E-state index contributed by atoms with van der Waals surface area (Å²) in [7, 11) is 0. The van der Waals surface area contributed by atoms with Gasteiger partial charge < -0.3 is 0 Å². The van der Waals surface area contributed by atoms with Gasteiger partial charge in [-0.05, 0) is 30.9 Å². The summed E-state index contributed by atoms with van der Waals surface area (Å²) in [6.45, 7) is 5.03. The Morgan fingerprint density at radius 1 is 1.26 bits per heavy atom. The van der Waals surface area contributed by atoms with Crippen LogP contribution in [-0.2, 0) is 13.0 Å². The quantitative estimate of drug-likeness (QED) is 0.822. The molecule has 0 spiro atoms. The first-order valence-electron chi connectivity index (χ1n) is 6.48. The van der Waals surface area contributed by atoms with Gasteiger partial charge in [0.2, 0.25) is 0 Å². The molecule has 0 aliphatic rings. The third-order valence-corrected chi connectivity index (χ3v) is 4.11. The lowest BCUT2D eigenvalue weighted by atomic mass is 9.92.